The summed E-state index contributed by atoms with van der Waals surface area (Å²) in [6, 6.07) is 8.33. The second kappa shape index (κ2) is 8.93. The van der Waals surface area contributed by atoms with E-state index in [4.69, 9.17) is 0 Å². The molecule has 0 saturated carbocycles. The zero-order chi connectivity index (χ0) is 12.8. The Morgan fingerprint density at radius 1 is 1.21 bits per heavy atom. The normalized spacial score (nSPS) is 10.9. The van der Waals surface area contributed by atoms with Crippen molar-refractivity contribution in [1.82, 2.24) is 10.6 Å². The van der Waals surface area contributed by atoms with E-state index >= 15 is 0 Å². The number of hydrogen-bond acceptors (Lipinski definition) is 3. The molecule has 2 aromatic heterocycles. The topological polar surface area (TPSA) is 36.4 Å². The lowest BCUT2D eigenvalue weighted by Crippen LogP contribution is -2.35. The van der Waals surface area contributed by atoms with Crippen molar-refractivity contribution in [3.05, 3.63) is 43.2 Å². The van der Waals surface area contributed by atoms with E-state index < -0.39 is 0 Å². The highest BCUT2D eigenvalue weighted by molar-refractivity contribution is 14.0. The lowest BCUT2D eigenvalue weighted by Gasteiger charge is -2.10. The van der Waals surface area contributed by atoms with E-state index in [1.165, 1.54) is 9.75 Å². The number of hydrogen-bond donors (Lipinski definition) is 2. The second-order valence-electron chi connectivity index (χ2n) is 3.56. The van der Waals surface area contributed by atoms with Gasteiger partial charge in [-0.05, 0) is 39.5 Å². The smallest absolute Gasteiger partial charge is 0.191 e. The summed E-state index contributed by atoms with van der Waals surface area (Å²) in [5.41, 5.74) is 0. The van der Waals surface area contributed by atoms with E-state index in [9.17, 15) is 0 Å². The Bertz CT molecular complexity index is 511. The number of thiophene rings is 2. The molecule has 0 bridgehead atoms. The number of rotatable bonds is 4. The number of nitrogens with zero attached hydrogens (tertiary/aromatic N) is 1. The Morgan fingerprint density at radius 3 is 2.47 bits per heavy atom. The first kappa shape index (κ1) is 16.9. The van der Waals surface area contributed by atoms with Crippen molar-refractivity contribution >= 4 is 68.5 Å². The van der Waals surface area contributed by atoms with Crippen LogP contribution in [0.1, 0.15) is 9.75 Å². The molecule has 2 aromatic rings. The number of guanidine groups is 1. The molecule has 104 valence electrons. The summed E-state index contributed by atoms with van der Waals surface area (Å²) in [5, 5.41) is 8.67. The maximum atomic E-state index is 4.20. The molecule has 0 saturated heterocycles. The van der Waals surface area contributed by atoms with E-state index in [1.807, 2.05) is 0 Å². The van der Waals surface area contributed by atoms with Gasteiger partial charge in [0.15, 0.2) is 5.96 Å². The van der Waals surface area contributed by atoms with Crippen molar-refractivity contribution in [2.75, 3.05) is 7.05 Å². The van der Waals surface area contributed by atoms with E-state index in [1.54, 1.807) is 29.7 Å². The summed E-state index contributed by atoms with van der Waals surface area (Å²) in [4.78, 5) is 6.78. The molecule has 0 atom stereocenters. The molecular formula is C12H15BrIN3S2. The van der Waals surface area contributed by atoms with E-state index in [-0.39, 0.29) is 24.0 Å². The van der Waals surface area contributed by atoms with E-state index in [0.717, 1.165) is 22.8 Å². The zero-order valence-electron chi connectivity index (χ0n) is 10.4. The summed E-state index contributed by atoms with van der Waals surface area (Å²) in [7, 11) is 1.79. The first-order valence-electron chi connectivity index (χ1n) is 5.49. The van der Waals surface area contributed by atoms with Crippen LogP contribution in [0.3, 0.4) is 0 Å². The first-order valence-corrected chi connectivity index (χ1v) is 7.98. The van der Waals surface area contributed by atoms with Crippen LogP contribution in [0.5, 0.6) is 0 Å². The Hall–Kier alpha value is -0.120. The highest BCUT2D eigenvalue weighted by Crippen LogP contribution is 2.21. The SMILES string of the molecule is CN=C(NCc1cccs1)NCc1ccc(Br)s1.I. The lowest BCUT2D eigenvalue weighted by molar-refractivity contribution is 0.823. The van der Waals surface area contributed by atoms with Crippen LogP contribution < -0.4 is 10.6 Å². The van der Waals surface area contributed by atoms with Gasteiger partial charge in [0, 0.05) is 16.8 Å². The van der Waals surface area contributed by atoms with Crippen molar-refractivity contribution < 1.29 is 0 Å². The maximum absolute atomic E-state index is 4.20. The molecule has 0 aliphatic heterocycles. The van der Waals surface area contributed by atoms with Crippen molar-refractivity contribution in [2.24, 2.45) is 4.99 Å². The molecule has 19 heavy (non-hydrogen) atoms. The molecular weight excluding hydrogens is 457 g/mol. The van der Waals surface area contributed by atoms with Gasteiger partial charge in [0.2, 0.25) is 0 Å². The third kappa shape index (κ3) is 5.80. The number of aliphatic imine (C=N–C) groups is 1. The number of halogens is 2. The molecule has 0 aliphatic carbocycles. The van der Waals surface area contributed by atoms with Gasteiger partial charge in [-0.25, -0.2) is 0 Å². The third-order valence-corrected chi connectivity index (χ3v) is 4.79. The molecule has 3 nitrogen and oxygen atoms in total. The second-order valence-corrected chi connectivity index (χ2v) is 7.14. The summed E-state index contributed by atoms with van der Waals surface area (Å²) in [5.74, 6) is 0.827. The predicted octanol–water partition coefficient (Wildman–Crippen LogP) is 4.06. The van der Waals surface area contributed by atoms with E-state index in [2.05, 4.69) is 61.2 Å². The molecule has 0 amide bonds. The van der Waals surface area contributed by atoms with Gasteiger partial charge in [-0.15, -0.1) is 46.7 Å². The predicted molar refractivity (Wildman–Crippen MR) is 98.8 cm³/mol. The maximum Gasteiger partial charge on any atom is 0.191 e. The molecule has 0 radical (unpaired) electrons. The number of nitrogens with one attached hydrogen (secondary N) is 2. The fourth-order valence-corrected chi connectivity index (χ4v) is 3.49. The highest BCUT2D eigenvalue weighted by Gasteiger charge is 2.01. The minimum Gasteiger partial charge on any atom is -0.352 e. The third-order valence-electron chi connectivity index (χ3n) is 2.29. The van der Waals surface area contributed by atoms with Gasteiger partial charge in [0.1, 0.15) is 0 Å². The van der Waals surface area contributed by atoms with Gasteiger partial charge in [0.25, 0.3) is 0 Å². The molecule has 2 N–H and O–H groups in total. The quantitative estimate of drug-likeness (QED) is 0.401. The zero-order valence-corrected chi connectivity index (χ0v) is 15.9. The van der Waals surface area contributed by atoms with Crippen LogP contribution in [0.25, 0.3) is 0 Å². The summed E-state index contributed by atoms with van der Waals surface area (Å²) < 4.78 is 1.15. The molecule has 0 unspecified atom stereocenters. The van der Waals surface area contributed by atoms with E-state index in [0.29, 0.717) is 0 Å². The Kier molecular flexibility index (Phi) is 7.96. The van der Waals surface area contributed by atoms with Crippen LogP contribution in [0, 0.1) is 0 Å². The molecule has 0 aromatic carbocycles. The van der Waals surface area contributed by atoms with Gasteiger partial charge < -0.3 is 10.6 Å². The average molecular weight is 472 g/mol. The molecule has 0 fully saturated rings. The summed E-state index contributed by atoms with van der Waals surface area (Å²) in [6.07, 6.45) is 0. The van der Waals surface area contributed by atoms with Crippen molar-refractivity contribution in [3.63, 3.8) is 0 Å². The Labute approximate surface area is 146 Å². The molecule has 7 heteroatoms. The fourth-order valence-electron chi connectivity index (χ4n) is 1.42. The fraction of sp³-hybridized carbons (Fsp3) is 0.250. The van der Waals surface area contributed by atoms with Crippen molar-refractivity contribution in [1.29, 1.82) is 0 Å². The van der Waals surface area contributed by atoms with Gasteiger partial charge >= 0.3 is 0 Å². The van der Waals surface area contributed by atoms with Gasteiger partial charge in [-0.2, -0.15) is 0 Å². The minimum atomic E-state index is 0. The monoisotopic (exact) mass is 471 g/mol. The van der Waals surface area contributed by atoms with Crippen LogP contribution in [-0.4, -0.2) is 13.0 Å². The van der Waals surface area contributed by atoms with Crippen LogP contribution in [0.4, 0.5) is 0 Å². The van der Waals surface area contributed by atoms with Crippen LogP contribution in [0.15, 0.2) is 38.4 Å². The summed E-state index contributed by atoms with van der Waals surface area (Å²) in [6.45, 7) is 1.60. The standard InChI is InChI=1S/C12H14BrN3S2.HI/c1-14-12(15-7-9-3-2-6-17-9)16-8-10-4-5-11(13)18-10;/h2-6H,7-8H2,1H3,(H2,14,15,16);1H. The van der Waals surface area contributed by atoms with Crippen LogP contribution in [-0.2, 0) is 13.1 Å². The largest absolute Gasteiger partial charge is 0.352 e. The van der Waals surface area contributed by atoms with Crippen LogP contribution in [0.2, 0.25) is 0 Å². The lowest BCUT2D eigenvalue weighted by atomic mass is 10.4. The van der Waals surface area contributed by atoms with Crippen molar-refractivity contribution in [2.45, 2.75) is 13.1 Å². The molecule has 2 rings (SSSR count). The Morgan fingerprint density at radius 2 is 1.95 bits per heavy atom. The van der Waals surface area contributed by atoms with Gasteiger partial charge in [-0.1, -0.05) is 6.07 Å². The molecule has 0 spiro atoms. The summed E-state index contributed by atoms with van der Waals surface area (Å²) >= 11 is 6.93. The van der Waals surface area contributed by atoms with Gasteiger partial charge in [0.05, 0.1) is 16.9 Å². The molecule has 0 aliphatic rings. The Balaban J connectivity index is 0.00000180. The average Bonchev–Trinajstić information content (AvgIpc) is 3.01. The van der Waals surface area contributed by atoms with Gasteiger partial charge in [-0.3, -0.25) is 4.99 Å². The van der Waals surface area contributed by atoms with Crippen LogP contribution >= 0.6 is 62.6 Å². The minimum absolute atomic E-state index is 0. The van der Waals surface area contributed by atoms with Crippen molar-refractivity contribution in [3.8, 4) is 0 Å². The highest BCUT2D eigenvalue weighted by atomic mass is 127. The molecule has 2 heterocycles. The first-order chi connectivity index (χ1) is 8.78.